The van der Waals surface area contributed by atoms with Crippen LogP contribution in [-0.2, 0) is 4.79 Å². The lowest BCUT2D eigenvalue weighted by Crippen LogP contribution is -2.67. The van der Waals surface area contributed by atoms with E-state index in [2.05, 4.69) is 15.9 Å². The van der Waals surface area contributed by atoms with E-state index in [4.69, 9.17) is 9.47 Å². The highest BCUT2D eigenvalue weighted by atomic mass is 79.9. The number of β-lactam (4-membered cyclic amide) rings is 1. The molecular formula is C25H16BrN3O7. The zero-order valence-corrected chi connectivity index (χ0v) is 20.2. The monoisotopic (exact) mass is 549 g/mol. The lowest BCUT2D eigenvalue weighted by Gasteiger charge is -2.49. The second-order valence-electron chi connectivity index (χ2n) is 8.58. The third-order valence-corrected chi connectivity index (χ3v) is 7.51. The first-order valence-electron chi connectivity index (χ1n) is 10.9. The summed E-state index contributed by atoms with van der Waals surface area (Å²) in [4.78, 5) is 53.5. The van der Waals surface area contributed by atoms with E-state index in [-0.39, 0.29) is 17.9 Å². The molecule has 3 heterocycles. The smallest absolute Gasteiger partial charge is 0.282 e. The third-order valence-electron chi connectivity index (χ3n) is 6.62. The maximum atomic E-state index is 13.6. The van der Waals surface area contributed by atoms with Gasteiger partial charge in [-0.15, -0.1) is 0 Å². The molecule has 10 nitrogen and oxygen atoms in total. The number of ether oxygens (including phenoxy) is 2. The molecule has 0 aliphatic carbocycles. The van der Waals surface area contributed by atoms with E-state index in [0.717, 1.165) is 14.9 Å². The first-order valence-corrected chi connectivity index (χ1v) is 11.7. The Balaban J connectivity index is 1.46. The number of anilines is 1. The molecule has 1 saturated heterocycles. The van der Waals surface area contributed by atoms with E-state index in [1.807, 2.05) is 19.1 Å². The number of amides is 3. The van der Waals surface area contributed by atoms with Crippen LogP contribution < -0.4 is 14.4 Å². The predicted octanol–water partition coefficient (Wildman–Crippen LogP) is 4.15. The Morgan fingerprint density at radius 1 is 0.944 bits per heavy atom. The predicted molar refractivity (Wildman–Crippen MR) is 129 cm³/mol. The van der Waals surface area contributed by atoms with Gasteiger partial charge in [0.15, 0.2) is 11.5 Å². The molecule has 3 amide bonds. The fourth-order valence-corrected chi connectivity index (χ4v) is 5.16. The number of hydrogen-bond acceptors (Lipinski definition) is 7. The van der Waals surface area contributed by atoms with Crippen molar-refractivity contribution in [2.45, 2.75) is 19.0 Å². The van der Waals surface area contributed by atoms with Gasteiger partial charge in [-0.1, -0.05) is 28.1 Å². The van der Waals surface area contributed by atoms with Gasteiger partial charge < -0.3 is 14.4 Å². The van der Waals surface area contributed by atoms with Gasteiger partial charge in [0.25, 0.3) is 23.4 Å². The zero-order valence-electron chi connectivity index (χ0n) is 18.6. The highest BCUT2D eigenvalue weighted by molar-refractivity contribution is 9.10. The van der Waals surface area contributed by atoms with Crippen LogP contribution in [0, 0.1) is 17.0 Å². The molecule has 1 fully saturated rings. The molecule has 0 saturated carbocycles. The molecule has 3 aromatic rings. The number of nitro benzene ring substituents is 1. The Bertz CT molecular complexity index is 1520. The average Bonchev–Trinajstić information content (AvgIpc) is 3.42. The number of carbonyl (C=O) groups excluding carboxylic acids is 3. The molecule has 2 atom stereocenters. The summed E-state index contributed by atoms with van der Waals surface area (Å²) in [5.74, 6) is -1.05. The van der Waals surface area contributed by atoms with Gasteiger partial charge in [-0.25, -0.2) is 0 Å². The summed E-state index contributed by atoms with van der Waals surface area (Å²) < 4.78 is 11.8. The highest BCUT2D eigenvalue weighted by Crippen LogP contribution is 2.47. The first-order chi connectivity index (χ1) is 17.3. The molecule has 3 aliphatic rings. The van der Waals surface area contributed by atoms with Crippen LogP contribution in [0.3, 0.4) is 0 Å². The molecule has 0 unspecified atom stereocenters. The van der Waals surface area contributed by atoms with Crippen molar-refractivity contribution in [3.05, 3.63) is 91.4 Å². The van der Waals surface area contributed by atoms with Gasteiger partial charge in [0.1, 0.15) is 11.6 Å². The summed E-state index contributed by atoms with van der Waals surface area (Å²) in [6, 6.07) is 12.5. The minimum Gasteiger partial charge on any atom is -0.454 e. The molecule has 0 bridgehead atoms. The van der Waals surface area contributed by atoms with Gasteiger partial charge in [0, 0.05) is 16.2 Å². The van der Waals surface area contributed by atoms with Crippen molar-refractivity contribution in [2.75, 3.05) is 11.7 Å². The second-order valence-corrected chi connectivity index (χ2v) is 9.44. The largest absolute Gasteiger partial charge is 0.454 e. The summed E-state index contributed by atoms with van der Waals surface area (Å²) in [6.07, 6.45) is 0. The first kappa shape index (κ1) is 22.2. The third kappa shape index (κ3) is 3.05. The Hall–Kier alpha value is -4.25. The van der Waals surface area contributed by atoms with E-state index in [1.54, 1.807) is 24.3 Å². The number of halogens is 1. The van der Waals surface area contributed by atoms with Crippen LogP contribution >= 0.6 is 15.9 Å². The zero-order chi connectivity index (χ0) is 25.3. The fourth-order valence-electron chi connectivity index (χ4n) is 4.91. The molecule has 0 N–H and O–H groups in total. The number of rotatable bonds is 4. The lowest BCUT2D eigenvalue weighted by atomic mass is 9.86. The molecule has 0 aromatic heterocycles. The van der Waals surface area contributed by atoms with Gasteiger partial charge in [-0.05, 0) is 54.4 Å². The summed E-state index contributed by atoms with van der Waals surface area (Å²) in [7, 11) is 0. The number of fused-ring (bicyclic) bond motifs is 2. The lowest BCUT2D eigenvalue weighted by molar-refractivity contribution is -0.385. The minimum absolute atomic E-state index is 0.0590. The average molecular weight is 550 g/mol. The molecule has 180 valence electrons. The van der Waals surface area contributed by atoms with Crippen LogP contribution in [0.2, 0.25) is 0 Å². The summed E-state index contributed by atoms with van der Waals surface area (Å²) >= 11 is 3.46. The maximum Gasteiger partial charge on any atom is 0.282 e. The van der Waals surface area contributed by atoms with E-state index in [0.29, 0.717) is 22.7 Å². The quantitative estimate of drug-likeness (QED) is 0.207. The van der Waals surface area contributed by atoms with Crippen molar-refractivity contribution in [1.82, 2.24) is 4.90 Å². The van der Waals surface area contributed by atoms with Crippen LogP contribution in [0.15, 0.2) is 59.1 Å². The summed E-state index contributed by atoms with van der Waals surface area (Å²) in [5, 5.41) is 11.5. The SMILES string of the molecule is Cc1cc(N2C(=O)[C@@H](N3C(=O)c4cccc([N+](=O)[O-])c4C3=O)[C@@H]2c2ccc3c(c2)OCO3)ccc1Br. The van der Waals surface area contributed by atoms with Crippen molar-refractivity contribution in [3.63, 3.8) is 0 Å². The Morgan fingerprint density at radius 2 is 1.72 bits per heavy atom. The minimum atomic E-state index is -1.19. The number of aryl methyl sites for hydroxylation is 1. The summed E-state index contributed by atoms with van der Waals surface area (Å²) in [6.45, 7) is 1.94. The van der Waals surface area contributed by atoms with E-state index in [9.17, 15) is 24.5 Å². The second kappa shape index (κ2) is 7.89. The van der Waals surface area contributed by atoms with Crippen molar-refractivity contribution >= 4 is 45.0 Å². The van der Waals surface area contributed by atoms with Crippen LogP contribution in [0.4, 0.5) is 11.4 Å². The van der Waals surface area contributed by atoms with E-state index >= 15 is 0 Å². The van der Waals surface area contributed by atoms with Crippen molar-refractivity contribution in [2.24, 2.45) is 0 Å². The van der Waals surface area contributed by atoms with Gasteiger partial charge in [-0.3, -0.25) is 29.4 Å². The molecule has 3 aliphatic heterocycles. The number of benzene rings is 3. The van der Waals surface area contributed by atoms with E-state index < -0.39 is 40.4 Å². The number of nitro groups is 1. The highest BCUT2D eigenvalue weighted by Gasteiger charge is 2.58. The molecule has 0 spiro atoms. The number of carbonyl (C=O) groups is 3. The Morgan fingerprint density at radius 3 is 2.47 bits per heavy atom. The molecule has 36 heavy (non-hydrogen) atoms. The van der Waals surface area contributed by atoms with Crippen LogP contribution in [0.25, 0.3) is 0 Å². The van der Waals surface area contributed by atoms with Crippen molar-refractivity contribution in [3.8, 4) is 11.5 Å². The van der Waals surface area contributed by atoms with Gasteiger partial charge in [0.05, 0.1) is 16.5 Å². The number of hydrogen-bond donors (Lipinski definition) is 0. The number of imide groups is 1. The molecule has 6 rings (SSSR count). The topological polar surface area (TPSA) is 119 Å². The molecule has 3 aromatic carbocycles. The van der Waals surface area contributed by atoms with Crippen molar-refractivity contribution < 1.29 is 28.8 Å². The number of nitrogens with zero attached hydrogens (tertiary/aromatic N) is 3. The van der Waals surface area contributed by atoms with Crippen molar-refractivity contribution in [1.29, 1.82) is 0 Å². The molecule has 0 radical (unpaired) electrons. The molecule has 11 heteroatoms. The van der Waals surface area contributed by atoms with Gasteiger partial charge in [-0.2, -0.15) is 0 Å². The fraction of sp³-hybridized carbons (Fsp3) is 0.160. The van der Waals surface area contributed by atoms with Gasteiger partial charge in [0.2, 0.25) is 6.79 Å². The van der Waals surface area contributed by atoms with Crippen LogP contribution in [-0.4, -0.2) is 40.4 Å². The van der Waals surface area contributed by atoms with Crippen LogP contribution in [0.5, 0.6) is 11.5 Å². The Labute approximate surface area is 212 Å². The van der Waals surface area contributed by atoms with Crippen LogP contribution in [0.1, 0.15) is 37.9 Å². The Kier molecular flexibility index (Phi) is 4.87. The standard InChI is InChI=1S/C25H16BrN3O7/c1-12-9-14(6-7-16(12)26)27-21(13-5-8-18-19(10-13)36-11-35-18)22(25(27)32)28-23(30)15-3-2-4-17(29(33)34)20(15)24(28)31/h2-10,21-22H,11H2,1H3/t21-,22-/m0/s1. The van der Waals surface area contributed by atoms with E-state index in [1.165, 1.54) is 23.1 Å². The maximum absolute atomic E-state index is 13.6. The van der Waals surface area contributed by atoms with Gasteiger partial charge >= 0.3 is 0 Å². The summed E-state index contributed by atoms with van der Waals surface area (Å²) in [5.41, 5.74) is 1.23. The normalized spacial score (nSPS) is 20.0. The molecular weight excluding hydrogens is 534 g/mol.